The van der Waals surface area contributed by atoms with Gasteiger partial charge >= 0.3 is 0 Å². The van der Waals surface area contributed by atoms with Crippen molar-refractivity contribution < 1.29 is 5.11 Å². The number of aliphatic hydroxyl groups is 1. The molecule has 0 saturated carbocycles. The molecular weight excluding hydrogens is 322 g/mol. The van der Waals surface area contributed by atoms with Crippen LogP contribution < -0.4 is 5.32 Å². The third-order valence-corrected chi connectivity index (χ3v) is 4.04. The van der Waals surface area contributed by atoms with Gasteiger partial charge in [-0.3, -0.25) is 0 Å². The van der Waals surface area contributed by atoms with E-state index in [-0.39, 0.29) is 5.57 Å². The van der Waals surface area contributed by atoms with Crippen LogP contribution in [0.4, 0.5) is 5.69 Å². The van der Waals surface area contributed by atoms with Crippen LogP contribution >= 0.6 is 11.6 Å². The van der Waals surface area contributed by atoms with Crippen LogP contribution in [-0.2, 0) is 5.60 Å². The van der Waals surface area contributed by atoms with E-state index in [0.29, 0.717) is 22.7 Å². The number of nitrogens with one attached hydrogen (secondary N) is 1. The highest BCUT2D eigenvalue weighted by molar-refractivity contribution is 6.30. The van der Waals surface area contributed by atoms with Gasteiger partial charge in [-0.15, -0.1) is 0 Å². The molecule has 0 aliphatic rings. The molecule has 0 fully saturated rings. The summed E-state index contributed by atoms with van der Waals surface area (Å²) in [6, 6.07) is 17.9. The largest absolute Gasteiger partial charge is 0.380 e. The number of nitriles is 2. The van der Waals surface area contributed by atoms with Crippen LogP contribution in [0, 0.1) is 22.7 Å². The van der Waals surface area contributed by atoms with Gasteiger partial charge < -0.3 is 10.4 Å². The summed E-state index contributed by atoms with van der Waals surface area (Å²) < 4.78 is 0. The highest BCUT2D eigenvalue weighted by Gasteiger charge is 2.32. The van der Waals surface area contributed by atoms with Crippen molar-refractivity contribution in [2.24, 2.45) is 0 Å². The van der Waals surface area contributed by atoms with Crippen molar-refractivity contribution in [3.8, 4) is 12.1 Å². The third kappa shape index (κ3) is 3.58. The number of allylic oxidation sites excluding steroid dienone is 1. The maximum absolute atomic E-state index is 11.3. The molecule has 2 rings (SSSR count). The average Bonchev–Trinajstić information content (AvgIpc) is 2.63. The summed E-state index contributed by atoms with van der Waals surface area (Å²) in [7, 11) is 0. The van der Waals surface area contributed by atoms with Crippen molar-refractivity contribution in [2.45, 2.75) is 18.9 Å². The number of nitrogens with zero attached hydrogens (tertiary/aromatic N) is 2. The fourth-order valence-corrected chi connectivity index (χ4v) is 2.66. The van der Waals surface area contributed by atoms with E-state index in [9.17, 15) is 5.11 Å². The standard InChI is InChI=1S/C19H16ClN3O/c1-2-19(24,15-6-4-3-5-7-15)17-10-16(20)8-9-18(17)23-13-14(11-21)12-22/h3-10,13,23-24H,2H2,1H3. The van der Waals surface area contributed by atoms with Crippen molar-refractivity contribution in [1.82, 2.24) is 0 Å². The average molecular weight is 338 g/mol. The van der Waals surface area contributed by atoms with Gasteiger partial charge in [0.05, 0.1) is 0 Å². The van der Waals surface area contributed by atoms with Crippen LogP contribution in [0.2, 0.25) is 5.02 Å². The molecule has 0 amide bonds. The zero-order chi connectivity index (χ0) is 17.6. The minimum Gasteiger partial charge on any atom is -0.380 e. The van der Waals surface area contributed by atoms with E-state index in [1.807, 2.05) is 37.3 Å². The summed E-state index contributed by atoms with van der Waals surface area (Å²) in [5.41, 5.74) is 0.589. The summed E-state index contributed by atoms with van der Waals surface area (Å²) in [5, 5.41) is 32.4. The van der Waals surface area contributed by atoms with Crippen molar-refractivity contribution in [2.75, 3.05) is 5.32 Å². The molecule has 2 aromatic rings. The number of halogens is 1. The Labute approximate surface area is 146 Å². The topological polar surface area (TPSA) is 79.8 Å². The molecule has 0 spiro atoms. The zero-order valence-electron chi connectivity index (χ0n) is 13.1. The van der Waals surface area contributed by atoms with E-state index in [4.69, 9.17) is 22.1 Å². The van der Waals surface area contributed by atoms with Crippen LogP contribution in [0.3, 0.4) is 0 Å². The Morgan fingerprint density at radius 3 is 2.46 bits per heavy atom. The van der Waals surface area contributed by atoms with Crippen LogP contribution in [0.1, 0.15) is 24.5 Å². The maximum atomic E-state index is 11.3. The quantitative estimate of drug-likeness (QED) is 0.796. The van der Waals surface area contributed by atoms with Crippen molar-refractivity contribution >= 4 is 17.3 Å². The second-order valence-electron chi connectivity index (χ2n) is 5.20. The highest BCUT2D eigenvalue weighted by Crippen LogP contribution is 2.38. The molecule has 0 heterocycles. The maximum Gasteiger partial charge on any atom is 0.145 e. The molecule has 0 aromatic heterocycles. The predicted molar refractivity (Wildman–Crippen MR) is 94.1 cm³/mol. The van der Waals surface area contributed by atoms with E-state index in [2.05, 4.69) is 5.32 Å². The van der Waals surface area contributed by atoms with Gasteiger partial charge in [0.25, 0.3) is 0 Å². The van der Waals surface area contributed by atoms with E-state index in [1.54, 1.807) is 30.3 Å². The molecule has 0 bridgehead atoms. The molecule has 0 aliphatic heterocycles. The van der Waals surface area contributed by atoms with Gasteiger partial charge in [-0.2, -0.15) is 10.5 Å². The Balaban J connectivity index is 2.56. The second-order valence-corrected chi connectivity index (χ2v) is 5.63. The fraction of sp³-hybridized carbons (Fsp3) is 0.158. The number of rotatable bonds is 5. The summed E-state index contributed by atoms with van der Waals surface area (Å²) >= 11 is 6.13. The number of benzene rings is 2. The van der Waals surface area contributed by atoms with E-state index in [1.165, 1.54) is 6.20 Å². The van der Waals surface area contributed by atoms with Gasteiger partial charge in [-0.25, -0.2) is 0 Å². The van der Waals surface area contributed by atoms with Gasteiger partial charge in [-0.05, 0) is 30.2 Å². The first-order valence-electron chi connectivity index (χ1n) is 7.40. The number of hydrogen-bond acceptors (Lipinski definition) is 4. The SMILES string of the molecule is CCC(O)(c1ccccc1)c1cc(Cl)ccc1NC=C(C#N)C#N. The third-order valence-electron chi connectivity index (χ3n) is 3.80. The molecule has 0 aliphatic carbocycles. The molecule has 120 valence electrons. The van der Waals surface area contributed by atoms with Crippen molar-refractivity contribution in [1.29, 1.82) is 10.5 Å². The van der Waals surface area contributed by atoms with Crippen molar-refractivity contribution in [3.63, 3.8) is 0 Å². The Morgan fingerprint density at radius 2 is 1.88 bits per heavy atom. The van der Waals surface area contributed by atoms with Crippen LogP contribution in [0.15, 0.2) is 60.3 Å². The zero-order valence-corrected chi connectivity index (χ0v) is 13.9. The molecule has 1 unspecified atom stereocenters. The predicted octanol–water partition coefficient (Wildman–Crippen LogP) is 4.33. The molecule has 2 aromatic carbocycles. The molecule has 2 N–H and O–H groups in total. The summed E-state index contributed by atoms with van der Waals surface area (Å²) in [6.07, 6.45) is 1.74. The molecule has 0 radical (unpaired) electrons. The first-order chi connectivity index (χ1) is 11.5. The Bertz CT molecular complexity index is 818. The van der Waals surface area contributed by atoms with E-state index in [0.717, 1.165) is 5.56 Å². The van der Waals surface area contributed by atoms with E-state index >= 15 is 0 Å². The lowest BCUT2D eigenvalue weighted by Crippen LogP contribution is -2.27. The molecular formula is C19H16ClN3O. The number of hydrogen-bond donors (Lipinski definition) is 2. The fourth-order valence-electron chi connectivity index (χ4n) is 2.49. The van der Waals surface area contributed by atoms with Crippen LogP contribution in [0.5, 0.6) is 0 Å². The highest BCUT2D eigenvalue weighted by atomic mass is 35.5. The Kier molecular flexibility index (Phi) is 5.60. The van der Waals surface area contributed by atoms with Gasteiger partial charge in [0.15, 0.2) is 0 Å². The first-order valence-corrected chi connectivity index (χ1v) is 7.77. The summed E-state index contributed by atoms with van der Waals surface area (Å²) in [6.45, 7) is 1.88. The minimum absolute atomic E-state index is 0.0596. The molecule has 24 heavy (non-hydrogen) atoms. The molecule has 5 heteroatoms. The van der Waals surface area contributed by atoms with Gasteiger partial charge in [0.2, 0.25) is 0 Å². The normalized spacial score (nSPS) is 12.4. The second kappa shape index (κ2) is 7.66. The lowest BCUT2D eigenvalue weighted by Gasteiger charge is -2.30. The van der Waals surface area contributed by atoms with Gasteiger partial charge in [-0.1, -0.05) is 48.9 Å². The van der Waals surface area contributed by atoms with Gasteiger partial charge in [0.1, 0.15) is 23.3 Å². The van der Waals surface area contributed by atoms with Gasteiger partial charge in [0, 0.05) is 22.5 Å². The Morgan fingerprint density at radius 1 is 1.21 bits per heavy atom. The monoisotopic (exact) mass is 337 g/mol. The smallest absolute Gasteiger partial charge is 0.145 e. The lowest BCUT2D eigenvalue weighted by molar-refractivity contribution is 0.0773. The minimum atomic E-state index is -1.25. The summed E-state index contributed by atoms with van der Waals surface area (Å²) in [5.74, 6) is 0. The summed E-state index contributed by atoms with van der Waals surface area (Å²) in [4.78, 5) is 0. The number of anilines is 1. The Hall–Kier alpha value is -2.79. The van der Waals surface area contributed by atoms with Crippen LogP contribution in [-0.4, -0.2) is 5.11 Å². The van der Waals surface area contributed by atoms with Crippen molar-refractivity contribution in [3.05, 3.63) is 76.5 Å². The molecule has 4 nitrogen and oxygen atoms in total. The van der Waals surface area contributed by atoms with Crippen LogP contribution in [0.25, 0.3) is 0 Å². The molecule has 0 saturated heterocycles. The first kappa shape index (κ1) is 17.6. The lowest BCUT2D eigenvalue weighted by atomic mass is 9.83. The van der Waals surface area contributed by atoms with E-state index < -0.39 is 5.60 Å². The molecule has 1 atom stereocenters.